The van der Waals surface area contributed by atoms with Crippen molar-refractivity contribution in [3.63, 3.8) is 0 Å². The molecule has 0 unspecified atom stereocenters. The third kappa shape index (κ3) is 6.50. The highest BCUT2D eigenvalue weighted by Crippen LogP contribution is 2.23. The van der Waals surface area contributed by atoms with E-state index in [0.717, 1.165) is 29.7 Å². The van der Waals surface area contributed by atoms with Gasteiger partial charge in [-0.3, -0.25) is 4.79 Å². The SMILES string of the molecule is Cl.O=C(CCOc1ccccc1Br)NCC1=CCNCC1. The van der Waals surface area contributed by atoms with E-state index in [2.05, 4.69) is 32.6 Å². The molecule has 0 spiro atoms. The van der Waals surface area contributed by atoms with E-state index >= 15 is 0 Å². The first-order valence-corrected chi connectivity index (χ1v) is 7.57. The highest BCUT2D eigenvalue weighted by atomic mass is 79.9. The Kier molecular flexibility index (Phi) is 8.42. The van der Waals surface area contributed by atoms with Crippen molar-refractivity contribution < 1.29 is 9.53 Å². The zero-order chi connectivity index (χ0) is 14.2. The molecule has 2 N–H and O–H groups in total. The van der Waals surface area contributed by atoms with Crippen LogP contribution in [0.15, 0.2) is 40.4 Å². The Morgan fingerprint density at radius 2 is 2.19 bits per heavy atom. The van der Waals surface area contributed by atoms with E-state index in [4.69, 9.17) is 4.74 Å². The van der Waals surface area contributed by atoms with Crippen molar-refractivity contribution >= 4 is 34.2 Å². The first kappa shape index (κ1) is 18.0. The summed E-state index contributed by atoms with van der Waals surface area (Å²) in [5, 5.41) is 6.17. The first-order valence-electron chi connectivity index (χ1n) is 6.78. The van der Waals surface area contributed by atoms with Crippen LogP contribution in [0, 0.1) is 0 Å². The lowest BCUT2D eigenvalue weighted by Crippen LogP contribution is -2.30. The van der Waals surface area contributed by atoms with Crippen LogP contribution in [0.25, 0.3) is 0 Å². The van der Waals surface area contributed by atoms with Gasteiger partial charge in [0.1, 0.15) is 5.75 Å². The molecule has 1 aromatic rings. The van der Waals surface area contributed by atoms with E-state index in [-0.39, 0.29) is 18.3 Å². The minimum atomic E-state index is 0. The van der Waals surface area contributed by atoms with Gasteiger partial charge in [-0.1, -0.05) is 23.8 Å². The van der Waals surface area contributed by atoms with Gasteiger partial charge in [-0.15, -0.1) is 12.4 Å². The molecule has 1 aliphatic rings. The Morgan fingerprint density at radius 3 is 2.90 bits per heavy atom. The number of rotatable bonds is 6. The average molecular weight is 376 g/mol. The molecule has 2 rings (SSSR count). The molecule has 0 aliphatic carbocycles. The van der Waals surface area contributed by atoms with Crippen molar-refractivity contribution in [3.05, 3.63) is 40.4 Å². The zero-order valence-electron chi connectivity index (χ0n) is 11.7. The van der Waals surface area contributed by atoms with Crippen LogP contribution >= 0.6 is 28.3 Å². The summed E-state index contributed by atoms with van der Waals surface area (Å²) in [7, 11) is 0. The molecule has 0 saturated carbocycles. The largest absolute Gasteiger partial charge is 0.492 e. The third-order valence-corrected chi connectivity index (χ3v) is 3.75. The van der Waals surface area contributed by atoms with Crippen molar-refractivity contribution in [1.82, 2.24) is 10.6 Å². The second-order valence-corrected chi connectivity index (χ2v) is 5.48. The van der Waals surface area contributed by atoms with Crippen molar-refractivity contribution in [1.29, 1.82) is 0 Å². The van der Waals surface area contributed by atoms with Crippen LogP contribution in [0.4, 0.5) is 0 Å². The highest BCUT2D eigenvalue weighted by Gasteiger charge is 2.06. The third-order valence-electron chi connectivity index (χ3n) is 3.09. The number of para-hydroxylation sites is 1. The summed E-state index contributed by atoms with van der Waals surface area (Å²) in [6, 6.07) is 7.63. The van der Waals surface area contributed by atoms with Gasteiger partial charge in [-0.25, -0.2) is 0 Å². The van der Waals surface area contributed by atoms with Gasteiger partial charge in [0.05, 0.1) is 17.5 Å². The summed E-state index contributed by atoms with van der Waals surface area (Å²) < 4.78 is 6.47. The Morgan fingerprint density at radius 1 is 1.38 bits per heavy atom. The van der Waals surface area contributed by atoms with Gasteiger partial charge in [-0.2, -0.15) is 0 Å². The predicted octanol–water partition coefficient (Wildman–Crippen LogP) is 2.68. The Balaban J connectivity index is 0.00000220. The molecule has 0 bridgehead atoms. The molecular formula is C15H20BrClN2O2. The van der Waals surface area contributed by atoms with Gasteiger partial charge in [0.25, 0.3) is 0 Å². The zero-order valence-corrected chi connectivity index (χ0v) is 14.1. The maximum absolute atomic E-state index is 11.7. The number of hydrogen-bond donors (Lipinski definition) is 2. The van der Waals surface area contributed by atoms with Crippen LogP contribution in [0.2, 0.25) is 0 Å². The van der Waals surface area contributed by atoms with E-state index in [9.17, 15) is 4.79 Å². The summed E-state index contributed by atoms with van der Waals surface area (Å²) >= 11 is 3.41. The molecule has 1 amide bonds. The Hall–Kier alpha value is -1.04. The normalized spacial score (nSPS) is 13.9. The fourth-order valence-corrected chi connectivity index (χ4v) is 2.35. The van der Waals surface area contributed by atoms with Crippen LogP contribution in [0.1, 0.15) is 12.8 Å². The van der Waals surface area contributed by atoms with Crippen LogP contribution in [0.3, 0.4) is 0 Å². The summed E-state index contributed by atoms with van der Waals surface area (Å²) in [6.45, 7) is 2.92. The van der Waals surface area contributed by atoms with Gasteiger partial charge in [0, 0.05) is 13.1 Å². The van der Waals surface area contributed by atoms with Crippen molar-refractivity contribution in [2.75, 3.05) is 26.2 Å². The molecule has 6 heteroatoms. The van der Waals surface area contributed by atoms with Gasteiger partial charge >= 0.3 is 0 Å². The molecule has 0 aromatic heterocycles. The van der Waals surface area contributed by atoms with Crippen LogP contribution in [-0.2, 0) is 4.79 Å². The van der Waals surface area contributed by atoms with E-state index in [1.807, 2.05) is 24.3 Å². The molecule has 0 radical (unpaired) electrons. The number of carbonyl (C=O) groups is 1. The molecule has 1 aromatic carbocycles. The smallest absolute Gasteiger partial charge is 0.223 e. The molecule has 116 valence electrons. The van der Waals surface area contributed by atoms with Crippen LogP contribution < -0.4 is 15.4 Å². The van der Waals surface area contributed by atoms with Gasteiger partial charge in [0.15, 0.2) is 0 Å². The van der Waals surface area contributed by atoms with E-state index < -0.39 is 0 Å². The number of benzene rings is 1. The molecule has 0 fully saturated rings. The maximum atomic E-state index is 11.7. The Labute approximate surface area is 139 Å². The first-order chi connectivity index (χ1) is 9.75. The monoisotopic (exact) mass is 374 g/mol. The summed E-state index contributed by atoms with van der Waals surface area (Å²) in [5.41, 5.74) is 1.30. The lowest BCUT2D eigenvalue weighted by Gasteiger charge is -2.14. The van der Waals surface area contributed by atoms with Crippen molar-refractivity contribution in [3.8, 4) is 5.75 Å². The average Bonchev–Trinajstić information content (AvgIpc) is 2.48. The second kappa shape index (κ2) is 9.82. The molecule has 1 heterocycles. The lowest BCUT2D eigenvalue weighted by molar-refractivity contribution is -0.121. The minimum Gasteiger partial charge on any atom is -0.492 e. The highest BCUT2D eigenvalue weighted by molar-refractivity contribution is 9.10. The topological polar surface area (TPSA) is 50.4 Å². The predicted molar refractivity (Wildman–Crippen MR) is 90.1 cm³/mol. The van der Waals surface area contributed by atoms with Crippen LogP contribution in [0.5, 0.6) is 5.75 Å². The second-order valence-electron chi connectivity index (χ2n) is 4.62. The molecule has 0 saturated heterocycles. The summed E-state index contributed by atoms with van der Waals surface area (Å²) in [4.78, 5) is 11.7. The molecule has 1 aliphatic heterocycles. The van der Waals surface area contributed by atoms with Gasteiger partial charge in [0.2, 0.25) is 5.91 Å². The fraction of sp³-hybridized carbons (Fsp3) is 0.400. The standard InChI is InChI=1S/C15H19BrN2O2.ClH/c16-13-3-1-2-4-14(13)20-10-7-15(19)18-11-12-5-8-17-9-6-12;/h1-5,17H,6-11H2,(H,18,19);1H. The number of nitrogens with one attached hydrogen (secondary N) is 2. The van der Waals surface area contributed by atoms with E-state index in [0.29, 0.717) is 19.6 Å². The quantitative estimate of drug-likeness (QED) is 0.752. The van der Waals surface area contributed by atoms with E-state index in [1.54, 1.807) is 0 Å². The summed E-state index contributed by atoms with van der Waals surface area (Å²) in [6.07, 6.45) is 3.52. The number of ether oxygens (including phenoxy) is 1. The molecule has 4 nitrogen and oxygen atoms in total. The van der Waals surface area contributed by atoms with E-state index in [1.165, 1.54) is 5.57 Å². The summed E-state index contributed by atoms with van der Waals surface area (Å²) in [5.74, 6) is 0.790. The molecule has 0 atom stereocenters. The molecule has 21 heavy (non-hydrogen) atoms. The van der Waals surface area contributed by atoms with Crippen molar-refractivity contribution in [2.24, 2.45) is 0 Å². The van der Waals surface area contributed by atoms with Crippen molar-refractivity contribution in [2.45, 2.75) is 12.8 Å². The van der Waals surface area contributed by atoms with Gasteiger partial charge < -0.3 is 15.4 Å². The number of amides is 1. The molecular weight excluding hydrogens is 356 g/mol. The Bertz CT molecular complexity index is 494. The maximum Gasteiger partial charge on any atom is 0.223 e. The van der Waals surface area contributed by atoms with Crippen LogP contribution in [-0.4, -0.2) is 32.1 Å². The minimum absolute atomic E-state index is 0. The number of carbonyl (C=O) groups excluding carboxylic acids is 1. The lowest BCUT2D eigenvalue weighted by atomic mass is 10.1. The fourth-order valence-electron chi connectivity index (χ4n) is 1.95. The van der Waals surface area contributed by atoms with Gasteiger partial charge in [-0.05, 0) is 41.0 Å². The number of hydrogen-bond acceptors (Lipinski definition) is 3. The number of halogens is 2.